The Hall–Kier alpha value is -1.75. The first kappa shape index (κ1) is 26.5. The predicted octanol–water partition coefficient (Wildman–Crippen LogP) is 6.66. The van der Waals surface area contributed by atoms with Crippen LogP contribution in [0.15, 0.2) is 67.0 Å². The Bertz CT molecular complexity index is 927. The van der Waals surface area contributed by atoms with Gasteiger partial charge in [-0.1, -0.05) is 84.4 Å². The molecule has 7 heteroatoms. The van der Waals surface area contributed by atoms with Crippen LogP contribution < -0.4 is 10.9 Å². The van der Waals surface area contributed by atoms with Gasteiger partial charge < -0.3 is 4.98 Å². The van der Waals surface area contributed by atoms with Crippen LogP contribution in [0.2, 0.25) is 16.4 Å². The van der Waals surface area contributed by atoms with Gasteiger partial charge in [0.25, 0.3) is 0 Å². The molecule has 0 saturated heterocycles. The zero-order valence-electron chi connectivity index (χ0n) is 18.7. The van der Waals surface area contributed by atoms with E-state index in [1.807, 2.05) is 54.6 Å². The van der Waals surface area contributed by atoms with E-state index in [2.05, 4.69) is 23.8 Å². The summed E-state index contributed by atoms with van der Waals surface area (Å²) >= 11 is 18.2. The number of nitrogens with zero attached hydrogens (tertiary/aromatic N) is 1. The molecule has 2 aromatic carbocycles. The fourth-order valence-corrected chi connectivity index (χ4v) is 3.87. The minimum Gasteiger partial charge on any atom is -0.348 e. The van der Waals surface area contributed by atoms with E-state index in [-0.39, 0.29) is 6.71 Å². The number of hydrogen-bond acceptors (Lipinski definition) is 1. The molecule has 0 radical (unpaired) electrons. The molecule has 0 aliphatic carbocycles. The van der Waals surface area contributed by atoms with Crippen molar-refractivity contribution < 1.29 is 4.39 Å². The minimum atomic E-state index is -1.08. The van der Waals surface area contributed by atoms with Crippen LogP contribution in [0, 0.1) is 0 Å². The molecule has 0 saturated carbocycles. The molecule has 0 amide bonds. The Morgan fingerprint density at radius 1 is 1.03 bits per heavy atom. The van der Waals surface area contributed by atoms with Gasteiger partial charge in [-0.15, -0.1) is 11.6 Å². The molecule has 1 N–H and O–H groups in total. The van der Waals surface area contributed by atoms with Crippen molar-refractivity contribution in [2.75, 3.05) is 0 Å². The first-order chi connectivity index (χ1) is 15.3. The number of allylic oxidation sites excluding steroid dienone is 2. The van der Waals surface area contributed by atoms with Crippen molar-refractivity contribution in [1.29, 1.82) is 0 Å². The van der Waals surface area contributed by atoms with E-state index in [1.165, 1.54) is 18.3 Å². The van der Waals surface area contributed by atoms with Crippen LogP contribution in [0.5, 0.6) is 0 Å². The first-order valence-corrected chi connectivity index (χ1v) is 12.0. The van der Waals surface area contributed by atoms with Crippen LogP contribution in [0.1, 0.15) is 32.2 Å². The molecular weight excluding hydrogens is 464 g/mol. The number of aromatic nitrogens is 2. The summed E-state index contributed by atoms with van der Waals surface area (Å²) < 4.78 is 13.2. The lowest BCUT2D eigenvalue weighted by molar-refractivity contribution is 0.369. The standard InChI is InChI=1S/C18H17BCl3F.C7H12N2/c1-13(23)18(22)9-4-10-19(14-5-2-7-16(20)11-14)15-6-3-8-17(21)12-15;1-3-6-7(4-2)9-5-8-6/h2-9,11-13,18H,10H2,1H3;5H,3-4H2,1-2H3,(H,8,9). The van der Waals surface area contributed by atoms with Gasteiger partial charge in [0.15, 0.2) is 0 Å². The molecule has 0 bridgehead atoms. The summed E-state index contributed by atoms with van der Waals surface area (Å²) in [7, 11) is 0. The fourth-order valence-electron chi connectivity index (χ4n) is 3.37. The lowest BCUT2D eigenvalue weighted by Gasteiger charge is -2.14. The first-order valence-electron chi connectivity index (χ1n) is 10.8. The summed E-state index contributed by atoms with van der Waals surface area (Å²) in [6, 6.07) is 15.5. The zero-order chi connectivity index (χ0) is 23.5. The van der Waals surface area contributed by atoms with Crippen LogP contribution in [0.4, 0.5) is 4.39 Å². The van der Waals surface area contributed by atoms with E-state index >= 15 is 0 Å². The molecule has 0 aliphatic rings. The maximum atomic E-state index is 13.2. The average molecular weight is 494 g/mol. The Labute approximate surface area is 206 Å². The van der Waals surface area contributed by atoms with Gasteiger partial charge in [0.1, 0.15) is 6.17 Å². The van der Waals surface area contributed by atoms with Gasteiger partial charge in [-0.3, -0.25) is 0 Å². The molecule has 3 aromatic rings. The van der Waals surface area contributed by atoms with E-state index in [9.17, 15) is 4.39 Å². The molecule has 2 unspecified atom stereocenters. The highest BCUT2D eigenvalue weighted by Gasteiger charge is 2.19. The number of hydrogen-bond donors (Lipinski definition) is 1. The van der Waals surface area contributed by atoms with Crippen molar-refractivity contribution in [3.8, 4) is 0 Å². The lowest BCUT2D eigenvalue weighted by Crippen LogP contribution is -2.41. The molecule has 2 nitrogen and oxygen atoms in total. The predicted molar refractivity (Wildman–Crippen MR) is 139 cm³/mol. The minimum absolute atomic E-state index is 0.0856. The van der Waals surface area contributed by atoms with Crippen LogP contribution in [0.3, 0.4) is 0 Å². The largest absolute Gasteiger partial charge is 0.348 e. The van der Waals surface area contributed by atoms with Crippen molar-refractivity contribution in [1.82, 2.24) is 9.97 Å². The number of nitrogens with one attached hydrogen (secondary N) is 1. The summed E-state index contributed by atoms with van der Waals surface area (Å²) in [5.74, 6) is 0. The van der Waals surface area contributed by atoms with Crippen LogP contribution in [-0.4, -0.2) is 28.2 Å². The number of H-pyrrole nitrogens is 1. The van der Waals surface area contributed by atoms with E-state index in [0.29, 0.717) is 16.4 Å². The number of aryl methyl sites for hydroxylation is 2. The number of benzene rings is 2. The molecule has 3 rings (SSSR count). The van der Waals surface area contributed by atoms with Crippen molar-refractivity contribution in [2.24, 2.45) is 0 Å². The number of alkyl halides is 2. The maximum absolute atomic E-state index is 13.2. The van der Waals surface area contributed by atoms with Gasteiger partial charge in [0, 0.05) is 15.7 Å². The molecule has 170 valence electrons. The molecule has 2 atom stereocenters. The highest BCUT2D eigenvalue weighted by molar-refractivity contribution is 6.85. The Balaban J connectivity index is 0.000000336. The van der Waals surface area contributed by atoms with E-state index in [4.69, 9.17) is 34.8 Å². The number of imidazole rings is 1. The van der Waals surface area contributed by atoms with Gasteiger partial charge in [-0.05, 0) is 50.4 Å². The fraction of sp³-hybridized carbons (Fsp3) is 0.320. The molecule has 0 fully saturated rings. The Morgan fingerprint density at radius 3 is 2.06 bits per heavy atom. The summed E-state index contributed by atoms with van der Waals surface area (Å²) in [4.78, 5) is 7.25. The van der Waals surface area contributed by atoms with Crippen molar-refractivity contribution in [3.63, 3.8) is 0 Å². The SMILES string of the molecule is CC(F)C(Cl)C=CCB(c1cccc(Cl)c1)c1cccc(Cl)c1.CCc1nc[nH]c1CC. The summed E-state index contributed by atoms with van der Waals surface area (Å²) in [6.07, 6.45) is 7.09. The lowest BCUT2D eigenvalue weighted by atomic mass is 9.38. The number of rotatable bonds is 8. The summed E-state index contributed by atoms with van der Waals surface area (Å²) in [6.45, 7) is 5.79. The molecule has 1 heterocycles. The van der Waals surface area contributed by atoms with Crippen molar-refractivity contribution in [3.05, 3.63) is 88.4 Å². The third-order valence-corrected chi connectivity index (χ3v) is 6.09. The van der Waals surface area contributed by atoms with Crippen LogP contribution >= 0.6 is 34.8 Å². The van der Waals surface area contributed by atoms with Gasteiger partial charge >= 0.3 is 0 Å². The van der Waals surface area contributed by atoms with E-state index in [0.717, 1.165) is 23.8 Å². The molecular formula is C25H29BCl3FN2. The van der Waals surface area contributed by atoms with Crippen LogP contribution in [-0.2, 0) is 12.8 Å². The van der Waals surface area contributed by atoms with Gasteiger partial charge in [0.05, 0.1) is 17.4 Å². The smallest absolute Gasteiger partial charge is 0.213 e. The highest BCUT2D eigenvalue weighted by Crippen LogP contribution is 2.12. The summed E-state index contributed by atoms with van der Waals surface area (Å²) in [5, 5.41) is 0.756. The van der Waals surface area contributed by atoms with Crippen molar-refractivity contribution in [2.45, 2.75) is 51.5 Å². The molecule has 32 heavy (non-hydrogen) atoms. The normalized spacial score (nSPS) is 12.8. The van der Waals surface area contributed by atoms with Gasteiger partial charge in [0.2, 0.25) is 6.71 Å². The number of halogens is 4. The zero-order valence-corrected chi connectivity index (χ0v) is 20.9. The second kappa shape index (κ2) is 13.7. The Morgan fingerprint density at radius 2 is 1.62 bits per heavy atom. The molecule has 1 aromatic heterocycles. The van der Waals surface area contributed by atoms with Crippen LogP contribution in [0.25, 0.3) is 0 Å². The second-order valence-corrected chi connectivity index (χ2v) is 8.86. The monoisotopic (exact) mass is 492 g/mol. The van der Waals surface area contributed by atoms with Gasteiger partial charge in [-0.2, -0.15) is 0 Å². The third kappa shape index (κ3) is 8.31. The average Bonchev–Trinajstić information content (AvgIpc) is 3.25. The van der Waals surface area contributed by atoms with E-state index in [1.54, 1.807) is 12.4 Å². The van der Waals surface area contributed by atoms with Crippen molar-refractivity contribution >= 4 is 52.4 Å². The summed E-state index contributed by atoms with van der Waals surface area (Å²) in [5.41, 5.74) is 4.66. The van der Waals surface area contributed by atoms with Gasteiger partial charge in [-0.25, -0.2) is 9.37 Å². The third-order valence-electron chi connectivity index (χ3n) is 5.13. The Kier molecular flexibility index (Phi) is 11.4. The number of aromatic amines is 1. The second-order valence-electron chi connectivity index (χ2n) is 7.48. The maximum Gasteiger partial charge on any atom is 0.213 e. The van der Waals surface area contributed by atoms with E-state index < -0.39 is 11.5 Å². The molecule has 0 aliphatic heterocycles. The quantitative estimate of drug-likeness (QED) is 0.212. The highest BCUT2D eigenvalue weighted by atomic mass is 35.5. The topological polar surface area (TPSA) is 28.7 Å². The molecule has 0 spiro atoms.